The molecular weight excluding hydrogens is 499 g/mol. The Kier molecular flexibility index (Phi) is 6.81. The Bertz CT molecular complexity index is 1500. The molecule has 0 saturated carbocycles. The molecule has 0 aliphatic carbocycles. The first-order chi connectivity index (χ1) is 17.8. The lowest BCUT2D eigenvalue weighted by atomic mass is 9.98. The Morgan fingerprint density at radius 1 is 0.861 bits per heavy atom. The van der Waals surface area contributed by atoms with Crippen LogP contribution in [-0.2, 0) is 6.42 Å². The van der Waals surface area contributed by atoms with E-state index in [-0.39, 0.29) is 5.25 Å². The first-order valence-corrected chi connectivity index (χ1v) is 14.7. The highest BCUT2D eigenvalue weighted by atomic mass is 32.2. The summed E-state index contributed by atoms with van der Waals surface area (Å²) in [6.45, 7) is 0. The summed E-state index contributed by atoms with van der Waals surface area (Å²) in [7, 11) is 0. The van der Waals surface area contributed by atoms with Crippen LogP contribution in [0.25, 0.3) is 16.3 Å². The number of anilines is 1. The van der Waals surface area contributed by atoms with E-state index in [9.17, 15) is 0 Å². The van der Waals surface area contributed by atoms with Gasteiger partial charge in [0.05, 0.1) is 10.6 Å². The lowest BCUT2D eigenvalue weighted by Gasteiger charge is -2.30. The van der Waals surface area contributed by atoms with Gasteiger partial charge in [0.2, 0.25) is 0 Å². The molecule has 2 N–H and O–H groups in total. The summed E-state index contributed by atoms with van der Waals surface area (Å²) in [5.74, 6) is 1.39. The van der Waals surface area contributed by atoms with Crippen molar-refractivity contribution in [2.45, 2.75) is 22.1 Å². The van der Waals surface area contributed by atoms with Gasteiger partial charge in [-0.05, 0) is 28.7 Å². The molecule has 0 spiro atoms. The molecule has 3 heterocycles. The van der Waals surface area contributed by atoms with E-state index in [4.69, 9.17) is 15.7 Å². The molecule has 36 heavy (non-hydrogen) atoms. The van der Waals surface area contributed by atoms with E-state index >= 15 is 0 Å². The van der Waals surface area contributed by atoms with Crippen molar-refractivity contribution in [3.63, 3.8) is 0 Å². The SMILES string of the molecule is Nc1nc(SC/C=C/c2ccccc2)nc2sc3c(c12)C[C@H](c1ccccc1)S[C@H]3c1ccccc1. The van der Waals surface area contributed by atoms with Gasteiger partial charge in [-0.1, -0.05) is 115 Å². The number of hydrogen-bond acceptors (Lipinski definition) is 6. The Morgan fingerprint density at radius 2 is 1.53 bits per heavy atom. The quantitative estimate of drug-likeness (QED) is 0.180. The van der Waals surface area contributed by atoms with Gasteiger partial charge in [0.1, 0.15) is 10.6 Å². The van der Waals surface area contributed by atoms with Crippen LogP contribution in [0.3, 0.4) is 0 Å². The summed E-state index contributed by atoms with van der Waals surface area (Å²) in [6.07, 6.45) is 5.22. The van der Waals surface area contributed by atoms with Crippen molar-refractivity contribution in [3.05, 3.63) is 124 Å². The highest BCUT2D eigenvalue weighted by Gasteiger charge is 2.34. The number of thiophene rings is 1. The average molecular weight is 524 g/mol. The van der Waals surface area contributed by atoms with Crippen molar-refractivity contribution >= 4 is 57.0 Å². The van der Waals surface area contributed by atoms with Gasteiger partial charge in [-0.25, -0.2) is 9.97 Å². The zero-order valence-corrected chi connectivity index (χ0v) is 22.0. The Hall–Kier alpha value is -3.06. The monoisotopic (exact) mass is 523 g/mol. The third-order valence-electron chi connectivity index (χ3n) is 6.31. The molecule has 178 valence electrons. The number of rotatable bonds is 6. The molecule has 0 saturated heterocycles. The van der Waals surface area contributed by atoms with Crippen LogP contribution in [-0.4, -0.2) is 15.7 Å². The van der Waals surface area contributed by atoms with Crippen LogP contribution in [0.1, 0.15) is 37.6 Å². The highest BCUT2D eigenvalue weighted by Crippen LogP contribution is 2.55. The number of nitrogens with zero attached hydrogens (tertiary/aromatic N) is 2. The third kappa shape index (κ3) is 4.81. The van der Waals surface area contributed by atoms with Crippen molar-refractivity contribution < 1.29 is 0 Å². The summed E-state index contributed by atoms with van der Waals surface area (Å²) >= 11 is 5.43. The molecule has 0 fully saturated rings. The minimum absolute atomic E-state index is 0.253. The van der Waals surface area contributed by atoms with Crippen LogP contribution in [0.15, 0.2) is 102 Å². The van der Waals surface area contributed by atoms with E-state index < -0.39 is 0 Å². The molecule has 3 nitrogen and oxygen atoms in total. The van der Waals surface area contributed by atoms with Crippen molar-refractivity contribution in [1.29, 1.82) is 0 Å². The first kappa shape index (κ1) is 23.3. The number of aromatic nitrogens is 2. The van der Waals surface area contributed by atoms with Crippen LogP contribution >= 0.6 is 34.9 Å². The number of benzene rings is 3. The highest BCUT2D eigenvalue weighted by molar-refractivity contribution is 8.00. The zero-order valence-electron chi connectivity index (χ0n) is 19.6. The zero-order chi connectivity index (χ0) is 24.3. The second-order valence-electron chi connectivity index (χ2n) is 8.67. The predicted molar refractivity (Wildman–Crippen MR) is 157 cm³/mol. The molecule has 0 unspecified atom stereocenters. The van der Waals surface area contributed by atoms with E-state index in [1.165, 1.54) is 27.1 Å². The van der Waals surface area contributed by atoms with E-state index in [0.717, 1.165) is 27.5 Å². The number of thioether (sulfide) groups is 2. The van der Waals surface area contributed by atoms with Crippen LogP contribution in [0.4, 0.5) is 5.82 Å². The molecule has 2 atom stereocenters. The Morgan fingerprint density at radius 3 is 2.25 bits per heavy atom. The van der Waals surface area contributed by atoms with Crippen LogP contribution < -0.4 is 5.73 Å². The molecule has 6 heteroatoms. The fourth-order valence-electron chi connectivity index (χ4n) is 4.61. The molecule has 2 aromatic heterocycles. The van der Waals surface area contributed by atoms with Gasteiger partial charge in [0, 0.05) is 15.9 Å². The van der Waals surface area contributed by atoms with Gasteiger partial charge in [-0.3, -0.25) is 0 Å². The number of nitrogen functional groups attached to an aromatic ring is 1. The number of nitrogens with two attached hydrogens (primary N) is 1. The first-order valence-electron chi connectivity index (χ1n) is 11.9. The molecule has 0 radical (unpaired) electrons. The fourth-order valence-corrected chi connectivity index (χ4v) is 8.35. The molecular formula is C30H25N3S3. The fraction of sp³-hybridized carbons (Fsp3) is 0.133. The maximum atomic E-state index is 6.61. The summed E-state index contributed by atoms with van der Waals surface area (Å²) in [4.78, 5) is 12.0. The maximum Gasteiger partial charge on any atom is 0.191 e. The summed E-state index contributed by atoms with van der Waals surface area (Å²) in [6, 6.07) is 31.9. The van der Waals surface area contributed by atoms with Crippen molar-refractivity contribution in [3.8, 4) is 0 Å². The standard InChI is InChI=1S/C30H25N3S3/c31-28-25-23-19-24(21-14-6-2-7-15-21)35-26(22-16-8-3-9-17-22)27(23)36-29(25)33-30(32-28)34-18-10-13-20-11-4-1-5-12-20/h1-17,24,26H,18-19H2,(H2,31,32,33)/b13-10+/t24-,26+/m1/s1. The third-order valence-corrected chi connectivity index (χ3v) is 10.00. The Labute approximate surface area is 223 Å². The molecule has 3 aromatic carbocycles. The maximum absolute atomic E-state index is 6.61. The largest absolute Gasteiger partial charge is 0.383 e. The lowest BCUT2D eigenvalue weighted by Crippen LogP contribution is -2.12. The van der Waals surface area contributed by atoms with Crippen LogP contribution in [0, 0.1) is 0 Å². The lowest BCUT2D eigenvalue weighted by molar-refractivity contribution is 0.893. The number of hydrogen-bond donors (Lipinski definition) is 1. The van der Waals surface area contributed by atoms with Gasteiger partial charge in [0.15, 0.2) is 5.16 Å². The number of fused-ring (bicyclic) bond motifs is 3. The van der Waals surface area contributed by atoms with Gasteiger partial charge in [-0.2, -0.15) is 0 Å². The topological polar surface area (TPSA) is 51.8 Å². The van der Waals surface area contributed by atoms with Crippen molar-refractivity contribution in [2.75, 3.05) is 11.5 Å². The normalized spacial score (nSPS) is 17.4. The van der Waals surface area contributed by atoms with E-state index in [0.29, 0.717) is 11.1 Å². The molecule has 0 bridgehead atoms. The average Bonchev–Trinajstić information content (AvgIpc) is 3.31. The van der Waals surface area contributed by atoms with Crippen LogP contribution in [0.2, 0.25) is 0 Å². The minimum atomic E-state index is 0.253. The summed E-state index contributed by atoms with van der Waals surface area (Å²) in [5.41, 5.74) is 11.8. The summed E-state index contributed by atoms with van der Waals surface area (Å²) in [5, 5.41) is 2.39. The van der Waals surface area contributed by atoms with Gasteiger partial charge in [0.25, 0.3) is 0 Å². The smallest absolute Gasteiger partial charge is 0.191 e. The molecule has 1 aliphatic heterocycles. The van der Waals surface area contributed by atoms with Crippen molar-refractivity contribution in [1.82, 2.24) is 9.97 Å². The summed E-state index contributed by atoms with van der Waals surface area (Å²) < 4.78 is 0. The molecule has 0 amide bonds. The van der Waals surface area contributed by atoms with E-state index in [1.807, 2.05) is 30.0 Å². The van der Waals surface area contributed by atoms with Gasteiger partial charge >= 0.3 is 0 Å². The van der Waals surface area contributed by atoms with Gasteiger partial charge < -0.3 is 5.73 Å². The van der Waals surface area contributed by atoms with Crippen LogP contribution in [0.5, 0.6) is 0 Å². The van der Waals surface area contributed by atoms with E-state index in [2.05, 4.69) is 84.9 Å². The molecule has 1 aliphatic rings. The predicted octanol–water partition coefficient (Wildman–Crippen LogP) is 8.20. The van der Waals surface area contributed by atoms with Crippen molar-refractivity contribution in [2.24, 2.45) is 0 Å². The Balaban J connectivity index is 1.34. The molecule has 6 rings (SSSR count). The van der Waals surface area contributed by atoms with Gasteiger partial charge in [-0.15, -0.1) is 23.1 Å². The second-order valence-corrected chi connectivity index (χ2v) is 12.0. The second kappa shape index (κ2) is 10.5. The molecule has 5 aromatic rings. The van der Waals surface area contributed by atoms with E-state index in [1.54, 1.807) is 23.1 Å². The minimum Gasteiger partial charge on any atom is -0.383 e.